The van der Waals surface area contributed by atoms with Crippen LogP contribution in [0.4, 0.5) is 11.4 Å². The number of carboxylic acids is 1. The number of aryl methyl sites for hydroxylation is 2. The summed E-state index contributed by atoms with van der Waals surface area (Å²) < 4.78 is 2.13. The number of nitrogens with zero attached hydrogens (tertiary/aromatic N) is 3. The Hall–Kier alpha value is -4.50. The normalized spacial score (nSPS) is 16.6. The third-order valence-corrected chi connectivity index (χ3v) is 7.84. The van der Waals surface area contributed by atoms with Gasteiger partial charge in [0.1, 0.15) is 0 Å². The first-order chi connectivity index (χ1) is 19.6. The summed E-state index contributed by atoms with van der Waals surface area (Å²) in [5, 5.41) is 16.5. The number of aromatic carboxylic acids is 1. The average molecular weight is 568 g/mol. The van der Waals surface area contributed by atoms with Gasteiger partial charge in [-0.2, -0.15) is 0 Å². The Morgan fingerprint density at radius 1 is 1.00 bits per heavy atom. The molecular formula is C32H33N5O3S. The SMILES string of the molecule is Cc1cc(N2C(=S)N[C@H](c3ccccn3)[C@@H]2c2cc(C)n(-c3ccc(C(=O)O)cc3)c2C)ccc1NC(=O)C(C)C. The van der Waals surface area contributed by atoms with Crippen molar-refractivity contribution in [3.8, 4) is 5.69 Å². The highest BCUT2D eigenvalue weighted by atomic mass is 32.1. The Labute approximate surface area is 245 Å². The number of amides is 1. The maximum Gasteiger partial charge on any atom is 0.335 e. The maximum atomic E-state index is 12.3. The third kappa shape index (κ3) is 5.32. The van der Waals surface area contributed by atoms with E-state index in [9.17, 15) is 14.7 Å². The Morgan fingerprint density at radius 2 is 1.71 bits per heavy atom. The number of benzene rings is 2. The van der Waals surface area contributed by atoms with E-state index in [1.165, 1.54) is 0 Å². The Morgan fingerprint density at radius 3 is 2.32 bits per heavy atom. The van der Waals surface area contributed by atoms with Gasteiger partial charge in [0.25, 0.3) is 0 Å². The fourth-order valence-corrected chi connectivity index (χ4v) is 5.75. The van der Waals surface area contributed by atoms with Crippen molar-refractivity contribution in [3.05, 3.63) is 107 Å². The molecule has 0 unspecified atom stereocenters. The number of aromatic nitrogens is 2. The molecule has 0 radical (unpaired) electrons. The van der Waals surface area contributed by atoms with Crippen LogP contribution >= 0.6 is 12.2 Å². The molecule has 210 valence electrons. The summed E-state index contributed by atoms with van der Waals surface area (Å²) in [5.74, 6) is -1.11. The number of hydrogen-bond acceptors (Lipinski definition) is 4. The largest absolute Gasteiger partial charge is 0.478 e. The number of hydrogen-bond donors (Lipinski definition) is 3. The lowest BCUT2D eigenvalue weighted by molar-refractivity contribution is -0.118. The molecule has 9 heteroatoms. The molecule has 2 atom stereocenters. The zero-order valence-corrected chi connectivity index (χ0v) is 24.5. The second-order valence-electron chi connectivity index (χ2n) is 10.7. The molecule has 0 saturated carbocycles. The predicted octanol–water partition coefficient (Wildman–Crippen LogP) is 6.27. The van der Waals surface area contributed by atoms with Gasteiger partial charge in [-0.05, 0) is 105 Å². The molecule has 3 N–H and O–H groups in total. The minimum atomic E-state index is -0.956. The van der Waals surface area contributed by atoms with E-state index in [2.05, 4.69) is 38.1 Å². The lowest BCUT2D eigenvalue weighted by Gasteiger charge is -2.29. The molecule has 0 bridgehead atoms. The van der Waals surface area contributed by atoms with Crippen LogP contribution in [-0.2, 0) is 4.79 Å². The van der Waals surface area contributed by atoms with Gasteiger partial charge in [-0.25, -0.2) is 4.79 Å². The van der Waals surface area contributed by atoms with Crippen molar-refractivity contribution in [2.24, 2.45) is 5.92 Å². The van der Waals surface area contributed by atoms with Gasteiger partial charge < -0.3 is 25.2 Å². The second kappa shape index (κ2) is 11.2. The lowest BCUT2D eigenvalue weighted by atomic mass is 9.96. The quantitative estimate of drug-likeness (QED) is 0.227. The van der Waals surface area contributed by atoms with Crippen molar-refractivity contribution in [1.29, 1.82) is 0 Å². The number of nitrogens with one attached hydrogen (secondary N) is 2. The van der Waals surface area contributed by atoms with Crippen LogP contribution in [0.15, 0.2) is 72.9 Å². The van der Waals surface area contributed by atoms with E-state index in [0.29, 0.717) is 5.11 Å². The zero-order chi connectivity index (χ0) is 29.4. The van der Waals surface area contributed by atoms with Crippen molar-refractivity contribution in [3.63, 3.8) is 0 Å². The summed E-state index contributed by atoms with van der Waals surface area (Å²) in [6, 6.07) is 20.4. The molecule has 41 heavy (non-hydrogen) atoms. The highest BCUT2D eigenvalue weighted by molar-refractivity contribution is 7.80. The number of carbonyl (C=O) groups is 2. The van der Waals surface area contributed by atoms with Crippen LogP contribution in [0.2, 0.25) is 0 Å². The number of rotatable bonds is 7. The van der Waals surface area contributed by atoms with Gasteiger partial charge in [0, 0.05) is 40.6 Å². The van der Waals surface area contributed by atoms with Crippen LogP contribution in [-0.4, -0.2) is 31.6 Å². The highest BCUT2D eigenvalue weighted by Crippen LogP contribution is 2.44. The summed E-state index contributed by atoms with van der Waals surface area (Å²) >= 11 is 5.93. The fraction of sp³-hybridized carbons (Fsp3) is 0.250. The van der Waals surface area contributed by atoms with E-state index in [0.717, 1.165) is 45.3 Å². The van der Waals surface area contributed by atoms with E-state index in [1.807, 2.05) is 76.2 Å². The van der Waals surface area contributed by atoms with Crippen LogP contribution in [0.5, 0.6) is 0 Å². The molecule has 3 heterocycles. The van der Waals surface area contributed by atoms with Gasteiger partial charge in [-0.15, -0.1) is 0 Å². The maximum absolute atomic E-state index is 12.3. The number of carboxylic acid groups (broad SMARTS) is 1. The van der Waals surface area contributed by atoms with Crippen molar-refractivity contribution in [2.75, 3.05) is 10.2 Å². The summed E-state index contributed by atoms with van der Waals surface area (Å²) in [7, 11) is 0. The number of anilines is 2. The van der Waals surface area contributed by atoms with Crippen molar-refractivity contribution in [1.82, 2.24) is 14.9 Å². The predicted molar refractivity (Wildman–Crippen MR) is 165 cm³/mol. The first-order valence-corrected chi connectivity index (χ1v) is 13.9. The third-order valence-electron chi connectivity index (χ3n) is 7.53. The van der Waals surface area contributed by atoms with Gasteiger partial charge >= 0.3 is 5.97 Å². The fourth-order valence-electron chi connectivity index (χ4n) is 5.40. The molecule has 1 aliphatic rings. The van der Waals surface area contributed by atoms with Crippen molar-refractivity contribution < 1.29 is 14.7 Å². The number of pyridine rings is 1. The van der Waals surface area contributed by atoms with Crippen LogP contribution in [0, 0.1) is 26.7 Å². The summed E-state index contributed by atoms with van der Waals surface area (Å²) in [6.07, 6.45) is 1.78. The molecule has 1 amide bonds. The lowest BCUT2D eigenvalue weighted by Crippen LogP contribution is -2.29. The number of thiocarbonyl (C=S) groups is 1. The van der Waals surface area contributed by atoms with Gasteiger partial charge in [0.05, 0.1) is 23.3 Å². The van der Waals surface area contributed by atoms with Gasteiger partial charge in [0.2, 0.25) is 5.91 Å². The van der Waals surface area contributed by atoms with E-state index in [-0.39, 0.29) is 29.5 Å². The van der Waals surface area contributed by atoms with Gasteiger partial charge in [-0.3, -0.25) is 9.78 Å². The van der Waals surface area contributed by atoms with Crippen molar-refractivity contribution >= 4 is 40.6 Å². The van der Waals surface area contributed by atoms with E-state index >= 15 is 0 Å². The smallest absolute Gasteiger partial charge is 0.335 e. The van der Waals surface area contributed by atoms with Crippen LogP contribution in [0.1, 0.15) is 64.5 Å². The molecule has 2 aromatic carbocycles. The standard InChI is InChI=1S/C32H33N5O3S/c1-18(2)30(38)34-26-14-13-24(16-19(26)3)37-29(28(35-32(37)41)27-8-6-7-15-33-27)25-17-20(4)36(21(25)5)23-11-9-22(10-12-23)31(39)40/h6-18,28-29H,1-5H3,(H,34,38)(H,35,41)(H,39,40)/t28-,29+/m1/s1. The van der Waals surface area contributed by atoms with Gasteiger partial charge in [-0.1, -0.05) is 19.9 Å². The molecule has 5 rings (SSSR count). The molecule has 1 saturated heterocycles. The Bertz CT molecular complexity index is 1630. The van der Waals surface area contributed by atoms with E-state index in [4.69, 9.17) is 12.2 Å². The second-order valence-corrected chi connectivity index (χ2v) is 11.0. The highest BCUT2D eigenvalue weighted by Gasteiger charge is 2.42. The minimum absolute atomic E-state index is 0.0314. The molecule has 4 aromatic rings. The molecule has 8 nitrogen and oxygen atoms in total. The van der Waals surface area contributed by atoms with Crippen molar-refractivity contribution in [2.45, 2.75) is 46.7 Å². The average Bonchev–Trinajstić information content (AvgIpc) is 3.44. The molecule has 0 spiro atoms. The zero-order valence-electron chi connectivity index (χ0n) is 23.7. The molecule has 2 aromatic heterocycles. The van der Waals surface area contributed by atoms with E-state index in [1.54, 1.807) is 18.3 Å². The summed E-state index contributed by atoms with van der Waals surface area (Å²) in [4.78, 5) is 30.5. The molecule has 0 aliphatic carbocycles. The first-order valence-electron chi connectivity index (χ1n) is 13.5. The molecule has 1 fully saturated rings. The van der Waals surface area contributed by atoms with Gasteiger partial charge in [0.15, 0.2) is 5.11 Å². The van der Waals surface area contributed by atoms with Crippen LogP contribution < -0.4 is 15.5 Å². The van der Waals surface area contributed by atoms with E-state index < -0.39 is 5.97 Å². The molecular weight excluding hydrogens is 534 g/mol. The summed E-state index contributed by atoms with van der Waals surface area (Å²) in [6.45, 7) is 9.82. The molecule has 1 aliphatic heterocycles. The first kappa shape index (κ1) is 28.0. The summed E-state index contributed by atoms with van der Waals surface area (Å²) in [5.41, 5.74) is 7.71. The number of carbonyl (C=O) groups excluding carboxylic acids is 1. The minimum Gasteiger partial charge on any atom is -0.478 e. The Kier molecular flexibility index (Phi) is 7.64. The Balaban J connectivity index is 1.60. The topological polar surface area (TPSA) is 99.5 Å². The van der Waals surface area contributed by atoms with Crippen LogP contribution in [0.25, 0.3) is 5.69 Å². The van der Waals surface area contributed by atoms with Crippen LogP contribution in [0.3, 0.4) is 0 Å². The monoisotopic (exact) mass is 567 g/mol.